The zero-order chi connectivity index (χ0) is 19.3. The van der Waals surface area contributed by atoms with E-state index < -0.39 is 0 Å². The summed E-state index contributed by atoms with van der Waals surface area (Å²) in [5.41, 5.74) is 1.58. The van der Waals surface area contributed by atoms with Gasteiger partial charge < -0.3 is 5.32 Å². The Morgan fingerprint density at radius 1 is 1.04 bits per heavy atom. The molecule has 0 saturated heterocycles. The van der Waals surface area contributed by atoms with E-state index >= 15 is 0 Å². The Hall–Kier alpha value is -3.10. The van der Waals surface area contributed by atoms with Crippen molar-refractivity contribution in [2.75, 3.05) is 11.1 Å². The first-order valence-corrected chi connectivity index (χ1v) is 9.75. The van der Waals surface area contributed by atoms with Crippen LogP contribution in [0.1, 0.15) is 0 Å². The van der Waals surface area contributed by atoms with E-state index in [9.17, 15) is 4.79 Å². The Balaban J connectivity index is 1.54. The number of hydrogen-bond acceptors (Lipinski definition) is 5. The monoisotopic (exact) mass is 410 g/mol. The number of carbonyl (C=O) groups is 1. The molecule has 140 valence electrons. The van der Waals surface area contributed by atoms with E-state index in [1.807, 2.05) is 46.0 Å². The predicted molar refractivity (Wildman–Crippen MR) is 109 cm³/mol. The second-order valence-electron chi connectivity index (χ2n) is 5.76. The third kappa shape index (κ3) is 4.08. The lowest BCUT2D eigenvalue weighted by Gasteiger charge is -2.11. The quantitative estimate of drug-likeness (QED) is 0.489. The lowest BCUT2D eigenvalue weighted by atomic mass is 10.2. The van der Waals surface area contributed by atoms with E-state index in [0.717, 1.165) is 5.56 Å². The summed E-state index contributed by atoms with van der Waals surface area (Å²) in [6.07, 6.45) is 7.20. The number of nitrogens with one attached hydrogen (secondary N) is 1. The first kappa shape index (κ1) is 18.3. The van der Waals surface area contributed by atoms with Gasteiger partial charge in [0.25, 0.3) is 0 Å². The van der Waals surface area contributed by atoms with Crippen LogP contribution >= 0.6 is 23.4 Å². The Kier molecular flexibility index (Phi) is 5.41. The molecule has 0 spiro atoms. The fraction of sp³-hybridized carbons (Fsp3) is 0.0526. The van der Waals surface area contributed by atoms with E-state index in [1.54, 1.807) is 36.7 Å². The summed E-state index contributed by atoms with van der Waals surface area (Å²) >= 11 is 7.17. The Bertz CT molecular complexity index is 1060. The van der Waals surface area contributed by atoms with Crippen molar-refractivity contribution in [3.8, 4) is 11.4 Å². The Morgan fingerprint density at radius 3 is 2.46 bits per heavy atom. The van der Waals surface area contributed by atoms with Crippen LogP contribution in [0.3, 0.4) is 0 Å². The molecule has 1 N–H and O–H groups in total. The molecule has 7 nitrogen and oxygen atoms in total. The highest BCUT2D eigenvalue weighted by molar-refractivity contribution is 7.99. The molecule has 0 unspecified atom stereocenters. The van der Waals surface area contributed by atoms with Gasteiger partial charge >= 0.3 is 0 Å². The van der Waals surface area contributed by atoms with Crippen LogP contribution in [-0.4, -0.2) is 36.2 Å². The van der Waals surface area contributed by atoms with Crippen LogP contribution in [0.2, 0.25) is 5.02 Å². The van der Waals surface area contributed by atoms with Gasteiger partial charge in [0.2, 0.25) is 11.1 Å². The van der Waals surface area contributed by atoms with Crippen LogP contribution in [0.15, 0.2) is 78.5 Å². The average molecular weight is 411 g/mol. The van der Waals surface area contributed by atoms with Crippen molar-refractivity contribution in [3.05, 3.63) is 78.3 Å². The van der Waals surface area contributed by atoms with E-state index in [4.69, 9.17) is 11.6 Å². The average Bonchev–Trinajstić information content (AvgIpc) is 3.38. The maximum atomic E-state index is 12.3. The summed E-state index contributed by atoms with van der Waals surface area (Å²) in [5, 5.41) is 12.7. The maximum absolute atomic E-state index is 12.3. The molecule has 28 heavy (non-hydrogen) atoms. The number of halogens is 1. The van der Waals surface area contributed by atoms with Gasteiger partial charge in [-0.25, -0.2) is 4.68 Å². The van der Waals surface area contributed by atoms with Crippen molar-refractivity contribution in [2.45, 2.75) is 5.16 Å². The number of amides is 1. The molecule has 9 heteroatoms. The molecule has 0 saturated carbocycles. The highest BCUT2D eigenvalue weighted by atomic mass is 35.5. The van der Waals surface area contributed by atoms with Crippen molar-refractivity contribution in [3.63, 3.8) is 0 Å². The SMILES string of the molecule is O=C(CSc1nnc(-c2ccncc2)n1-n1cccc1)Nc1ccc(Cl)cc1. The topological polar surface area (TPSA) is 77.6 Å². The van der Waals surface area contributed by atoms with Crippen molar-refractivity contribution in [1.82, 2.24) is 24.5 Å². The van der Waals surface area contributed by atoms with Crippen LogP contribution in [0.5, 0.6) is 0 Å². The second kappa shape index (κ2) is 8.28. The number of pyridine rings is 1. The maximum Gasteiger partial charge on any atom is 0.234 e. The molecule has 4 rings (SSSR count). The van der Waals surface area contributed by atoms with Gasteiger partial charge in [-0.15, -0.1) is 10.2 Å². The molecule has 0 aliphatic heterocycles. The van der Waals surface area contributed by atoms with Crippen LogP contribution in [0, 0.1) is 0 Å². The predicted octanol–water partition coefficient (Wildman–Crippen LogP) is 3.84. The molecule has 0 atom stereocenters. The van der Waals surface area contributed by atoms with E-state index in [2.05, 4.69) is 20.5 Å². The Morgan fingerprint density at radius 2 is 1.75 bits per heavy atom. The number of nitrogens with zero attached hydrogens (tertiary/aromatic N) is 5. The lowest BCUT2D eigenvalue weighted by molar-refractivity contribution is -0.113. The fourth-order valence-corrected chi connectivity index (χ4v) is 3.42. The van der Waals surface area contributed by atoms with Gasteiger partial charge in [-0.3, -0.25) is 14.5 Å². The van der Waals surface area contributed by atoms with Crippen molar-refractivity contribution >= 4 is 35.0 Å². The van der Waals surface area contributed by atoms with Crippen molar-refractivity contribution < 1.29 is 4.79 Å². The summed E-state index contributed by atoms with van der Waals surface area (Å²) in [5.74, 6) is 0.720. The summed E-state index contributed by atoms with van der Waals surface area (Å²) in [6, 6.07) is 14.5. The summed E-state index contributed by atoms with van der Waals surface area (Å²) < 4.78 is 3.73. The second-order valence-corrected chi connectivity index (χ2v) is 7.14. The van der Waals surface area contributed by atoms with Gasteiger partial charge in [-0.2, -0.15) is 0 Å². The molecule has 3 heterocycles. The summed E-state index contributed by atoms with van der Waals surface area (Å²) in [6.45, 7) is 0. The minimum Gasteiger partial charge on any atom is -0.325 e. The van der Waals surface area contributed by atoms with Crippen LogP contribution < -0.4 is 5.32 Å². The number of benzene rings is 1. The molecule has 1 amide bonds. The first-order chi connectivity index (χ1) is 13.7. The third-order valence-electron chi connectivity index (χ3n) is 3.83. The lowest BCUT2D eigenvalue weighted by Crippen LogP contribution is -2.15. The number of aromatic nitrogens is 5. The molecule has 4 aromatic rings. The molecule has 0 aliphatic rings. The van der Waals surface area contributed by atoms with Gasteiger partial charge in [0.1, 0.15) is 0 Å². The number of thioether (sulfide) groups is 1. The number of anilines is 1. The molecular weight excluding hydrogens is 396 g/mol. The minimum absolute atomic E-state index is 0.139. The van der Waals surface area contributed by atoms with Gasteiger partial charge in [-0.1, -0.05) is 23.4 Å². The highest BCUT2D eigenvalue weighted by Crippen LogP contribution is 2.24. The molecule has 3 aromatic heterocycles. The molecule has 0 radical (unpaired) electrons. The largest absolute Gasteiger partial charge is 0.325 e. The zero-order valence-electron chi connectivity index (χ0n) is 14.6. The van der Waals surface area contributed by atoms with Gasteiger partial charge in [0, 0.05) is 41.1 Å². The Labute approximate surface area is 170 Å². The summed E-state index contributed by atoms with van der Waals surface area (Å²) in [7, 11) is 0. The standard InChI is InChI=1S/C19H15ClN6OS/c20-15-3-5-16(6-4-15)22-17(27)13-28-19-24-23-18(14-7-9-21-10-8-14)26(19)25-11-1-2-12-25/h1-12H,13H2,(H,22,27). The number of rotatable bonds is 6. The minimum atomic E-state index is -0.139. The normalized spacial score (nSPS) is 10.8. The van der Waals surface area contributed by atoms with Crippen molar-refractivity contribution in [2.24, 2.45) is 0 Å². The highest BCUT2D eigenvalue weighted by Gasteiger charge is 2.17. The van der Waals surface area contributed by atoms with Gasteiger partial charge in [0.05, 0.1) is 5.75 Å². The van der Waals surface area contributed by atoms with Crippen LogP contribution in [-0.2, 0) is 4.79 Å². The van der Waals surface area contributed by atoms with Crippen LogP contribution in [0.4, 0.5) is 5.69 Å². The van der Waals surface area contributed by atoms with Gasteiger partial charge in [0.15, 0.2) is 5.82 Å². The van der Waals surface area contributed by atoms with E-state index in [-0.39, 0.29) is 11.7 Å². The smallest absolute Gasteiger partial charge is 0.234 e. The number of carbonyl (C=O) groups excluding carboxylic acids is 1. The molecule has 0 aliphatic carbocycles. The first-order valence-electron chi connectivity index (χ1n) is 8.38. The fourth-order valence-electron chi connectivity index (χ4n) is 2.56. The molecule has 0 bridgehead atoms. The van der Waals surface area contributed by atoms with Gasteiger partial charge in [-0.05, 0) is 48.5 Å². The summed E-state index contributed by atoms with van der Waals surface area (Å²) in [4.78, 5) is 16.4. The number of hydrogen-bond donors (Lipinski definition) is 1. The van der Waals surface area contributed by atoms with Crippen LogP contribution in [0.25, 0.3) is 11.4 Å². The third-order valence-corrected chi connectivity index (χ3v) is 5.00. The zero-order valence-corrected chi connectivity index (χ0v) is 16.1. The molecular formula is C19H15ClN6OS. The van der Waals surface area contributed by atoms with Crippen molar-refractivity contribution in [1.29, 1.82) is 0 Å². The van der Waals surface area contributed by atoms with E-state index in [0.29, 0.717) is 21.7 Å². The molecule has 1 aromatic carbocycles. The van der Waals surface area contributed by atoms with E-state index in [1.165, 1.54) is 11.8 Å². The molecule has 0 fully saturated rings.